The summed E-state index contributed by atoms with van der Waals surface area (Å²) < 4.78 is 0.898. The van der Waals surface area contributed by atoms with Crippen molar-refractivity contribution in [3.8, 4) is 0 Å². The third kappa shape index (κ3) is 1.93. The highest BCUT2D eigenvalue weighted by Crippen LogP contribution is 2.31. The SMILES string of the molecule is CC(=O)Nc1ccc(Br)c2c1C(=O)C=CC2. The zero-order valence-corrected chi connectivity index (χ0v) is 10.3. The van der Waals surface area contributed by atoms with Crippen LogP contribution >= 0.6 is 15.9 Å². The third-order valence-corrected chi connectivity index (χ3v) is 3.15. The number of nitrogens with one attached hydrogen (secondary N) is 1. The van der Waals surface area contributed by atoms with Crippen molar-refractivity contribution in [2.24, 2.45) is 0 Å². The molecule has 0 saturated heterocycles. The Balaban J connectivity index is 2.57. The molecule has 4 heteroatoms. The van der Waals surface area contributed by atoms with Gasteiger partial charge in [-0.25, -0.2) is 0 Å². The van der Waals surface area contributed by atoms with Crippen LogP contribution < -0.4 is 5.32 Å². The summed E-state index contributed by atoms with van der Waals surface area (Å²) in [5, 5.41) is 2.68. The van der Waals surface area contributed by atoms with Gasteiger partial charge in [-0.05, 0) is 30.2 Å². The summed E-state index contributed by atoms with van der Waals surface area (Å²) in [7, 11) is 0. The Kier molecular flexibility index (Phi) is 2.92. The fourth-order valence-corrected chi connectivity index (χ4v) is 2.26. The maximum Gasteiger partial charge on any atom is 0.221 e. The first-order valence-corrected chi connectivity index (χ1v) is 5.68. The molecule has 0 bridgehead atoms. The second kappa shape index (κ2) is 4.22. The number of carbonyl (C=O) groups excluding carboxylic acids is 2. The van der Waals surface area contributed by atoms with Crippen LogP contribution in [0.15, 0.2) is 28.8 Å². The second-order valence-electron chi connectivity index (χ2n) is 3.60. The van der Waals surface area contributed by atoms with Crippen LogP contribution in [-0.2, 0) is 11.2 Å². The molecule has 1 N–H and O–H groups in total. The average molecular weight is 280 g/mol. The number of hydrogen-bond acceptors (Lipinski definition) is 2. The first kappa shape index (κ1) is 11.1. The van der Waals surface area contributed by atoms with Crippen LogP contribution in [0.4, 0.5) is 5.69 Å². The van der Waals surface area contributed by atoms with Gasteiger partial charge in [-0.1, -0.05) is 22.0 Å². The van der Waals surface area contributed by atoms with Gasteiger partial charge in [-0.2, -0.15) is 0 Å². The quantitative estimate of drug-likeness (QED) is 0.859. The van der Waals surface area contributed by atoms with E-state index >= 15 is 0 Å². The standard InChI is InChI=1S/C12H10BrNO2/c1-7(15)14-10-6-5-9(13)8-3-2-4-11(16)12(8)10/h2,4-6H,3H2,1H3,(H,14,15). The van der Waals surface area contributed by atoms with Gasteiger partial charge in [0.05, 0.1) is 11.3 Å². The van der Waals surface area contributed by atoms with Crippen molar-refractivity contribution in [1.29, 1.82) is 0 Å². The topological polar surface area (TPSA) is 46.2 Å². The largest absolute Gasteiger partial charge is 0.326 e. The molecule has 1 aromatic carbocycles. The molecule has 0 heterocycles. The maximum atomic E-state index is 11.8. The normalized spacial score (nSPS) is 13.5. The molecular formula is C12H10BrNO2. The highest BCUT2D eigenvalue weighted by Gasteiger charge is 2.19. The Morgan fingerprint density at radius 1 is 1.44 bits per heavy atom. The lowest BCUT2D eigenvalue weighted by Gasteiger charge is -2.16. The highest BCUT2D eigenvalue weighted by atomic mass is 79.9. The molecule has 1 aromatic rings. The predicted octanol–water partition coefficient (Wildman–Crippen LogP) is 2.70. The molecule has 82 valence electrons. The number of anilines is 1. The molecule has 1 aliphatic carbocycles. The smallest absolute Gasteiger partial charge is 0.221 e. The van der Waals surface area contributed by atoms with Crippen LogP contribution in [0, 0.1) is 0 Å². The first-order valence-electron chi connectivity index (χ1n) is 4.89. The Labute approximate surface area is 102 Å². The molecule has 0 unspecified atom stereocenters. The number of rotatable bonds is 1. The van der Waals surface area contributed by atoms with Crippen molar-refractivity contribution in [3.05, 3.63) is 39.9 Å². The minimum absolute atomic E-state index is 0.0636. The lowest BCUT2D eigenvalue weighted by molar-refractivity contribution is -0.114. The van der Waals surface area contributed by atoms with E-state index in [0.29, 0.717) is 17.7 Å². The van der Waals surface area contributed by atoms with Gasteiger partial charge in [0, 0.05) is 11.4 Å². The minimum Gasteiger partial charge on any atom is -0.326 e. The zero-order chi connectivity index (χ0) is 11.7. The van der Waals surface area contributed by atoms with E-state index in [0.717, 1.165) is 10.0 Å². The third-order valence-electron chi connectivity index (χ3n) is 2.40. The number of ketones is 1. The van der Waals surface area contributed by atoms with Crippen molar-refractivity contribution in [2.45, 2.75) is 13.3 Å². The summed E-state index contributed by atoms with van der Waals surface area (Å²) in [6.45, 7) is 1.43. The van der Waals surface area contributed by atoms with Crippen molar-refractivity contribution in [2.75, 3.05) is 5.32 Å². The van der Waals surface area contributed by atoms with E-state index in [9.17, 15) is 9.59 Å². The maximum absolute atomic E-state index is 11.8. The first-order chi connectivity index (χ1) is 7.59. The van der Waals surface area contributed by atoms with E-state index in [2.05, 4.69) is 21.2 Å². The summed E-state index contributed by atoms with van der Waals surface area (Å²) >= 11 is 3.41. The Morgan fingerprint density at radius 3 is 2.88 bits per heavy atom. The molecule has 0 spiro atoms. The number of amides is 1. The second-order valence-corrected chi connectivity index (χ2v) is 4.45. The molecule has 0 aliphatic heterocycles. The summed E-state index contributed by atoms with van der Waals surface area (Å²) in [5.41, 5.74) is 2.10. The minimum atomic E-state index is -0.174. The molecule has 1 aliphatic rings. The molecule has 1 amide bonds. The molecule has 16 heavy (non-hydrogen) atoms. The van der Waals surface area contributed by atoms with Crippen LogP contribution in [-0.4, -0.2) is 11.7 Å². The summed E-state index contributed by atoms with van der Waals surface area (Å²) in [5.74, 6) is -0.238. The van der Waals surface area contributed by atoms with Gasteiger partial charge in [0.25, 0.3) is 0 Å². The van der Waals surface area contributed by atoms with E-state index in [-0.39, 0.29) is 11.7 Å². The van der Waals surface area contributed by atoms with E-state index in [4.69, 9.17) is 0 Å². The number of allylic oxidation sites excluding steroid dienone is 2. The van der Waals surface area contributed by atoms with Gasteiger partial charge in [0.2, 0.25) is 5.91 Å². The average Bonchev–Trinajstić information content (AvgIpc) is 2.22. The Morgan fingerprint density at radius 2 is 2.19 bits per heavy atom. The highest BCUT2D eigenvalue weighted by molar-refractivity contribution is 9.10. The van der Waals surface area contributed by atoms with Crippen LogP contribution in [0.5, 0.6) is 0 Å². The van der Waals surface area contributed by atoms with E-state index < -0.39 is 0 Å². The molecule has 0 atom stereocenters. The summed E-state index contributed by atoms with van der Waals surface area (Å²) in [6.07, 6.45) is 4.07. The Hall–Kier alpha value is -1.42. The predicted molar refractivity (Wildman–Crippen MR) is 65.6 cm³/mol. The van der Waals surface area contributed by atoms with Crippen molar-refractivity contribution in [1.82, 2.24) is 0 Å². The van der Waals surface area contributed by atoms with Gasteiger partial charge in [-0.3, -0.25) is 9.59 Å². The van der Waals surface area contributed by atoms with Crippen LogP contribution in [0.3, 0.4) is 0 Å². The molecule has 0 saturated carbocycles. The number of fused-ring (bicyclic) bond motifs is 1. The molecular weight excluding hydrogens is 270 g/mol. The van der Waals surface area contributed by atoms with Crippen molar-refractivity contribution < 1.29 is 9.59 Å². The van der Waals surface area contributed by atoms with Gasteiger partial charge >= 0.3 is 0 Å². The van der Waals surface area contributed by atoms with Crippen LogP contribution in [0.25, 0.3) is 0 Å². The van der Waals surface area contributed by atoms with Crippen LogP contribution in [0.2, 0.25) is 0 Å². The number of benzene rings is 1. The Bertz CT molecular complexity index is 506. The van der Waals surface area contributed by atoms with Gasteiger partial charge in [-0.15, -0.1) is 0 Å². The lowest BCUT2D eigenvalue weighted by Crippen LogP contribution is -2.14. The molecule has 0 radical (unpaired) electrons. The van der Waals surface area contributed by atoms with Gasteiger partial charge < -0.3 is 5.32 Å². The van der Waals surface area contributed by atoms with E-state index in [1.807, 2.05) is 12.1 Å². The van der Waals surface area contributed by atoms with E-state index in [1.165, 1.54) is 6.92 Å². The number of carbonyl (C=O) groups is 2. The lowest BCUT2D eigenvalue weighted by atomic mass is 9.94. The van der Waals surface area contributed by atoms with Gasteiger partial charge in [0.1, 0.15) is 0 Å². The monoisotopic (exact) mass is 279 g/mol. The number of hydrogen-bond donors (Lipinski definition) is 1. The zero-order valence-electron chi connectivity index (χ0n) is 8.71. The van der Waals surface area contributed by atoms with Crippen molar-refractivity contribution >= 4 is 33.3 Å². The molecule has 2 rings (SSSR count). The van der Waals surface area contributed by atoms with Gasteiger partial charge in [0.15, 0.2) is 5.78 Å². The fourth-order valence-electron chi connectivity index (χ4n) is 1.76. The summed E-state index contributed by atoms with van der Waals surface area (Å²) in [6, 6.07) is 3.58. The molecule has 3 nitrogen and oxygen atoms in total. The van der Waals surface area contributed by atoms with E-state index in [1.54, 1.807) is 12.1 Å². The summed E-state index contributed by atoms with van der Waals surface area (Å²) in [4.78, 5) is 22.8. The number of halogens is 1. The molecule has 0 aromatic heterocycles. The fraction of sp³-hybridized carbons (Fsp3) is 0.167. The van der Waals surface area contributed by atoms with Crippen molar-refractivity contribution in [3.63, 3.8) is 0 Å². The molecule has 0 fully saturated rings. The van der Waals surface area contributed by atoms with Crippen LogP contribution in [0.1, 0.15) is 22.8 Å².